The largest absolute Gasteiger partial charge is 0.0628 e. The van der Waals surface area contributed by atoms with Gasteiger partial charge in [0.1, 0.15) is 0 Å². The molecule has 47 valence electrons. The van der Waals surface area contributed by atoms with Gasteiger partial charge in [0, 0.05) is 0 Å². The third kappa shape index (κ3) is 1.50. The molecule has 0 heteroatoms. The third-order valence-corrected chi connectivity index (χ3v) is 1.76. The molecule has 0 amide bonds. The molecule has 0 heterocycles. The van der Waals surface area contributed by atoms with Gasteiger partial charge in [0.05, 0.1) is 0 Å². The highest BCUT2D eigenvalue weighted by atomic mass is 14.2. The molecule has 0 bridgehead atoms. The molecule has 0 aliphatic heterocycles. The summed E-state index contributed by atoms with van der Waals surface area (Å²) in [7, 11) is 0. The van der Waals surface area contributed by atoms with Crippen LogP contribution in [0.1, 0.15) is 39.5 Å². The number of hydrogen-bond acceptors (Lipinski definition) is 0. The van der Waals surface area contributed by atoms with Crippen LogP contribution in [0.3, 0.4) is 0 Å². The summed E-state index contributed by atoms with van der Waals surface area (Å²) in [5, 5.41) is 0. The maximum atomic E-state index is 2.30. The molecule has 0 saturated heterocycles. The Morgan fingerprint density at radius 3 is 2.12 bits per heavy atom. The van der Waals surface area contributed by atoms with Crippen molar-refractivity contribution in [2.75, 3.05) is 0 Å². The van der Waals surface area contributed by atoms with E-state index in [1.807, 2.05) is 0 Å². The van der Waals surface area contributed by atoms with Gasteiger partial charge in [0.15, 0.2) is 0 Å². The summed E-state index contributed by atoms with van der Waals surface area (Å²) < 4.78 is 0. The Bertz CT molecular complexity index is 60.4. The molecule has 0 spiro atoms. The van der Waals surface area contributed by atoms with Crippen molar-refractivity contribution >= 4 is 0 Å². The Kier molecular flexibility index (Phi) is 1.93. The van der Waals surface area contributed by atoms with Crippen molar-refractivity contribution in [3.8, 4) is 0 Å². The van der Waals surface area contributed by atoms with Crippen LogP contribution in [0.5, 0.6) is 0 Å². The second-order valence-corrected chi connectivity index (χ2v) is 3.20. The first kappa shape index (κ1) is 6.12. The minimum atomic E-state index is 0.894. The van der Waals surface area contributed by atoms with Gasteiger partial charge in [-0.1, -0.05) is 20.3 Å². The van der Waals surface area contributed by atoms with E-state index >= 15 is 0 Å². The quantitative estimate of drug-likeness (QED) is 0.514. The van der Waals surface area contributed by atoms with Crippen molar-refractivity contribution < 1.29 is 0 Å². The summed E-state index contributed by atoms with van der Waals surface area (Å²) in [6, 6.07) is 0. The topological polar surface area (TPSA) is 0 Å². The Morgan fingerprint density at radius 2 is 2.00 bits per heavy atom. The second-order valence-electron chi connectivity index (χ2n) is 3.20. The first-order valence-corrected chi connectivity index (χ1v) is 3.62. The van der Waals surface area contributed by atoms with Crippen molar-refractivity contribution in [2.45, 2.75) is 39.5 Å². The van der Waals surface area contributed by atoms with E-state index in [1.165, 1.54) is 25.7 Å². The summed E-state index contributed by atoms with van der Waals surface area (Å²) in [4.78, 5) is 0. The Labute approximate surface area is 52.3 Å². The van der Waals surface area contributed by atoms with Crippen LogP contribution in [0, 0.1) is 11.8 Å². The first-order valence-electron chi connectivity index (χ1n) is 3.62. The van der Waals surface area contributed by atoms with Gasteiger partial charge in [-0.2, -0.15) is 0 Å². The van der Waals surface area contributed by atoms with Crippen molar-refractivity contribution in [1.29, 1.82) is 0 Å². The lowest BCUT2D eigenvalue weighted by Gasteiger charge is -2.25. The third-order valence-electron chi connectivity index (χ3n) is 1.76. The molecule has 1 radical (unpaired) electrons. The van der Waals surface area contributed by atoms with Crippen LogP contribution in [0.2, 0.25) is 0 Å². The van der Waals surface area contributed by atoms with E-state index < -0.39 is 0 Å². The van der Waals surface area contributed by atoms with E-state index in [4.69, 9.17) is 0 Å². The Balaban J connectivity index is 2.01. The van der Waals surface area contributed by atoms with Gasteiger partial charge in [-0.05, 0) is 31.1 Å². The lowest BCUT2D eigenvalue weighted by Crippen LogP contribution is -2.10. The molecule has 0 nitrogen and oxygen atoms in total. The molecule has 1 saturated carbocycles. The smallest absolute Gasteiger partial charge is 0.0238 e. The maximum absolute atomic E-state index is 2.30. The molecule has 0 aromatic carbocycles. The zero-order valence-corrected chi connectivity index (χ0v) is 5.91. The molecule has 0 aromatic rings. The van der Waals surface area contributed by atoms with Gasteiger partial charge in [-0.3, -0.25) is 0 Å². The van der Waals surface area contributed by atoms with E-state index in [9.17, 15) is 0 Å². The van der Waals surface area contributed by atoms with E-state index in [0.717, 1.165) is 5.92 Å². The molecule has 8 heavy (non-hydrogen) atoms. The molecule has 0 aromatic heterocycles. The van der Waals surface area contributed by atoms with Crippen LogP contribution in [-0.2, 0) is 0 Å². The van der Waals surface area contributed by atoms with Crippen molar-refractivity contribution in [3.63, 3.8) is 0 Å². The summed E-state index contributed by atoms with van der Waals surface area (Å²) in [6.07, 6.45) is 5.71. The standard InChI is InChI=1S/C8H15/c1-7(2)6-8-4-3-5-8/h7H,3-6H2,1-2H3. The predicted octanol–water partition coefficient (Wildman–Crippen LogP) is 2.79. The number of hydrogen-bond donors (Lipinski definition) is 0. The van der Waals surface area contributed by atoms with Crippen LogP contribution in [0.4, 0.5) is 0 Å². The van der Waals surface area contributed by atoms with Gasteiger partial charge >= 0.3 is 0 Å². The highest BCUT2D eigenvalue weighted by Crippen LogP contribution is 2.33. The predicted molar refractivity (Wildman–Crippen MR) is 36.5 cm³/mol. The van der Waals surface area contributed by atoms with Crippen LogP contribution < -0.4 is 0 Å². The summed E-state index contributed by atoms with van der Waals surface area (Å²) in [5.74, 6) is 2.70. The van der Waals surface area contributed by atoms with Crippen LogP contribution in [0.15, 0.2) is 0 Å². The van der Waals surface area contributed by atoms with Gasteiger partial charge in [-0.25, -0.2) is 0 Å². The summed E-state index contributed by atoms with van der Waals surface area (Å²) >= 11 is 0. The van der Waals surface area contributed by atoms with Crippen molar-refractivity contribution in [3.05, 3.63) is 5.92 Å². The second kappa shape index (κ2) is 2.52. The zero-order valence-electron chi connectivity index (χ0n) is 5.91. The number of rotatable bonds is 2. The fourth-order valence-corrected chi connectivity index (χ4v) is 1.21. The average molecular weight is 111 g/mol. The van der Waals surface area contributed by atoms with E-state index in [2.05, 4.69) is 13.8 Å². The van der Waals surface area contributed by atoms with Crippen LogP contribution in [-0.4, -0.2) is 0 Å². The molecule has 0 atom stereocenters. The molecule has 1 aliphatic rings. The SMILES string of the molecule is CC(C)C[C]1CCC1. The molecule has 0 unspecified atom stereocenters. The zero-order chi connectivity index (χ0) is 5.98. The lowest BCUT2D eigenvalue weighted by atomic mass is 9.80. The molecule has 1 aliphatic carbocycles. The van der Waals surface area contributed by atoms with E-state index in [0.29, 0.717) is 0 Å². The fraction of sp³-hybridized carbons (Fsp3) is 0.875. The van der Waals surface area contributed by atoms with E-state index in [1.54, 1.807) is 5.92 Å². The summed E-state index contributed by atoms with van der Waals surface area (Å²) in [6.45, 7) is 4.59. The lowest BCUT2D eigenvalue weighted by molar-refractivity contribution is 0.451. The normalized spacial score (nSPS) is 21.4. The minimum absolute atomic E-state index is 0.894. The molecule has 1 fully saturated rings. The minimum Gasteiger partial charge on any atom is -0.0628 e. The average Bonchev–Trinajstić information content (AvgIpc) is 1.55. The highest BCUT2D eigenvalue weighted by Gasteiger charge is 2.18. The highest BCUT2D eigenvalue weighted by molar-refractivity contribution is 4.98. The van der Waals surface area contributed by atoms with Gasteiger partial charge in [0.2, 0.25) is 0 Å². The fourth-order valence-electron chi connectivity index (χ4n) is 1.21. The van der Waals surface area contributed by atoms with Crippen molar-refractivity contribution in [1.82, 2.24) is 0 Å². The molecular formula is C8H15. The van der Waals surface area contributed by atoms with Crippen LogP contribution >= 0.6 is 0 Å². The monoisotopic (exact) mass is 111 g/mol. The maximum Gasteiger partial charge on any atom is -0.0238 e. The Hall–Kier alpha value is 0. The Morgan fingerprint density at radius 1 is 1.38 bits per heavy atom. The van der Waals surface area contributed by atoms with Gasteiger partial charge in [0.25, 0.3) is 0 Å². The van der Waals surface area contributed by atoms with E-state index in [-0.39, 0.29) is 0 Å². The van der Waals surface area contributed by atoms with Crippen LogP contribution in [0.25, 0.3) is 0 Å². The van der Waals surface area contributed by atoms with Gasteiger partial charge < -0.3 is 0 Å². The van der Waals surface area contributed by atoms with Gasteiger partial charge in [-0.15, -0.1) is 0 Å². The molecular weight excluding hydrogens is 96.1 g/mol. The summed E-state index contributed by atoms with van der Waals surface area (Å²) in [5.41, 5.74) is 0. The first-order chi connectivity index (χ1) is 3.79. The molecule has 0 N–H and O–H groups in total. The molecule has 1 rings (SSSR count). The van der Waals surface area contributed by atoms with Crippen molar-refractivity contribution in [2.24, 2.45) is 5.92 Å².